The van der Waals surface area contributed by atoms with Crippen molar-refractivity contribution in [1.29, 1.82) is 0 Å². The number of ether oxygens (including phenoxy) is 1. The molecule has 1 amide bonds. The molecule has 3 aromatic rings. The first-order valence-electron chi connectivity index (χ1n) is 10.2. The number of carbonyl (C=O) groups excluding carboxylic acids is 1. The summed E-state index contributed by atoms with van der Waals surface area (Å²) in [4.78, 5) is 14.1. The summed E-state index contributed by atoms with van der Waals surface area (Å²) in [6.45, 7) is 5.54. The van der Waals surface area contributed by atoms with E-state index in [0.29, 0.717) is 6.42 Å². The van der Waals surface area contributed by atoms with Crippen molar-refractivity contribution < 1.29 is 9.53 Å². The van der Waals surface area contributed by atoms with E-state index in [1.807, 2.05) is 73.3 Å². The van der Waals surface area contributed by atoms with Gasteiger partial charge in [0.1, 0.15) is 5.75 Å². The molecule has 7 heteroatoms. The molecule has 158 valence electrons. The van der Waals surface area contributed by atoms with E-state index in [1.165, 1.54) is 0 Å². The average Bonchev–Trinajstić information content (AvgIpc) is 3.22. The first-order valence-corrected chi connectivity index (χ1v) is 11.2. The molecule has 0 bridgehead atoms. The third kappa shape index (κ3) is 5.21. The number of carbonyl (C=O) groups is 1. The summed E-state index contributed by atoms with van der Waals surface area (Å²) in [5.74, 6) is 2.55. The Morgan fingerprint density at radius 1 is 1.07 bits per heavy atom. The fraction of sp³-hybridized carbons (Fsp3) is 0.348. The van der Waals surface area contributed by atoms with Gasteiger partial charge in [-0.1, -0.05) is 42.1 Å². The number of hydrogen-bond acceptors (Lipinski definition) is 5. The Kier molecular flexibility index (Phi) is 7.90. The maximum Gasteiger partial charge on any atom is 0.222 e. The van der Waals surface area contributed by atoms with E-state index in [1.54, 1.807) is 18.9 Å². The van der Waals surface area contributed by atoms with Gasteiger partial charge in [0.2, 0.25) is 5.91 Å². The van der Waals surface area contributed by atoms with Crippen LogP contribution < -0.4 is 4.74 Å². The normalized spacial score (nSPS) is 10.8. The third-order valence-corrected chi connectivity index (χ3v) is 5.87. The van der Waals surface area contributed by atoms with Gasteiger partial charge in [-0.3, -0.25) is 9.36 Å². The number of hydrogen-bond donors (Lipinski definition) is 0. The van der Waals surface area contributed by atoms with Crippen molar-refractivity contribution in [1.82, 2.24) is 19.7 Å². The van der Waals surface area contributed by atoms with Gasteiger partial charge in [-0.15, -0.1) is 10.2 Å². The highest BCUT2D eigenvalue weighted by molar-refractivity contribution is 7.99. The Morgan fingerprint density at radius 3 is 2.53 bits per heavy atom. The lowest BCUT2D eigenvalue weighted by atomic mass is 10.2. The van der Waals surface area contributed by atoms with Crippen LogP contribution in [0.15, 0.2) is 59.8 Å². The molecule has 0 aliphatic rings. The molecule has 6 nitrogen and oxygen atoms in total. The Morgan fingerprint density at radius 2 is 1.83 bits per heavy atom. The van der Waals surface area contributed by atoms with Crippen LogP contribution in [0.5, 0.6) is 5.75 Å². The van der Waals surface area contributed by atoms with Crippen LogP contribution in [0.1, 0.15) is 26.7 Å². The molecule has 0 radical (unpaired) electrons. The zero-order valence-electron chi connectivity index (χ0n) is 17.7. The molecule has 0 N–H and O–H groups in total. The van der Waals surface area contributed by atoms with Crippen LogP contribution in [0, 0.1) is 0 Å². The first-order chi connectivity index (χ1) is 14.7. The molecule has 0 fully saturated rings. The minimum absolute atomic E-state index is 0.210. The number of amides is 1. The Hall–Kier alpha value is -2.80. The van der Waals surface area contributed by atoms with Crippen molar-refractivity contribution >= 4 is 17.7 Å². The fourth-order valence-electron chi connectivity index (χ4n) is 3.24. The molecule has 0 aliphatic heterocycles. The quantitative estimate of drug-likeness (QED) is 0.349. The van der Waals surface area contributed by atoms with Gasteiger partial charge < -0.3 is 9.64 Å². The minimum atomic E-state index is 0.210. The molecule has 0 saturated heterocycles. The highest BCUT2D eigenvalue weighted by Gasteiger charge is 2.17. The van der Waals surface area contributed by atoms with Crippen LogP contribution in [0.2, 0.25) is 0 Å². The summed E-state index contributed by atoms with van der Waals surface area (Å²) in [6.07, 6.45) is 1.35. The van der Waals surface area contributed by atoms with Crippen LogP contribution in [0.3, 0.4) is 0 Å². The van der Waals surface area contributed by atoms with Gasteiger partial charge in [0.05, 0.1) is 7.11 Å². The molecule has 3 rings (SSSR count). The van der Waals surface area contributed by atoms with E-state index in [4.69, 9.17) is 4.74 Å². The van der Waals surface area contributed by atoms with E-state index < -0.39 is 0 Å². The summed E-state index contributed by atoms with van der Waals surface area (Å²) < 4.78 is 7.43. The van der Waals surface area contributed by atoms with Crippen LogP contribution in [-0.2, 0) is 4.79 Å². The van der Waals surface area contributed by atoms with E-state index >= 15 is 0 Å². The van der Waals surface area contributed by atoms with Crippen LogP contribution in [-0.4, -0.2) is 51.5 Å². The second-order valence-electron chi connectivity index (χ2n) is 6.73. The Bertz CT molecular complexity index is 955. The number of aromatic nitrogens is 3. The Balaban J connectivity index is 1.80. The number of para-hydroxylation sites is 1. The molecular weight excluding hydrogens is 396 g/mol. The predicted molar refractivity (Wildman–Crippen MR) is 121 cm³/mol. The highest BCUT2D eigenvalue weighted by Crippen LogP contribution is 2.30. The average molecular weight is 425 g/mol. The van der Waals surface area contributed by atoms with E-state index in [9.17, 15) is 4.79 Å². The van der Waals surface area contributed by atoms with Crippen molar-refractivity contribution in [3.05, 3.63) is 54.6 Å². The summed E-state index contributed by atoms with van der Waals surface area (Å²) >= 11 is 1.62. The second-order valence-corrected chi connectivity index (χ2v) is 7.79. The summed E-state index contributed by atoms with van der Waals surface area (Å²) in [5, 5.41) is 9.73. The lowest BCUT2D eigenvalue weighted by Crippen LogP contribution is -2.30. The maximum atomic E-state index is 12.2. The molecular formula is C23H28N4O2S. The van der Waals surface area contributed by atoms with Crippen LogP contribution in [0.25, 0.3) is 17.1 Å². The third-order valence-electron chi connectivity index (χ3n) is 4.86. The first kappa shape index (κ1) is 21.9. The van der Waals surface area contributed by atoms with Crippen molar-refractivity contribution in [3.8, 4) is 22.8 Å². The molecule has 1 aromatic heterocycles. The largest absolute Gasteiger partial charge is 0.497 e. The fourth-order valence-corrected chi connectivity index (χ4v) is 4.13. The molecule has 0 atom stereocenters. The summed E-state index contributed by atoms with van der Waals surface area (Å²) in [7, 11) is 1.65. The van der Waals surface area contributed by atoms with Gasteiger partial charge >= 0.3 is 0 Å². The van der Waals surface area contributed by atoms with Crippen molar-refractivity contribution in [3.63, 3.8) is 0 Å². The molecule has 0 aliphatic carbocycles. The second kappa shape index (κ2) is 10.8. The number of methoxy groups -OCH3 is 1. The summed E-state index contributed by atoms with van der Waals surface area (Å²) in [5.41, 5.74) is 1.94. The van der Waals surface area contributed by atoms with Gasteiger partial charge in [-0.2, -0.15) is 0 Å². The van der Waals surface area contributed by atoms with Gasteiger partial charge in [0, 0.05) is 36.5 Å². The van der Waals surface area contributed by atoms with Gasteiger partial charge in [0.15, 0.2) is 11.0 Å². The van der Waals surface area contributed by atoms with Crippen molar-refractivity contribution in [2.45, 2.75) is 31.8 Å². The number of thioether (sulfide) groups is 1. The SMILES string of the molecule is CCN(CC)C(=O)CCCSc1nnc(-c2cccc(OC)c2)n1-c1ccccc1. The zero-order chi connectivity index (χ0) is 21.3. The molecule has 2 aromatic carbocycles. The van der Waals surface area contributed by atoms with Crippen molar-refractivity contribution in [2.75, 3.05) is 26.0 Å². The lowest BCUT2D eigenvalue weighted by Gasteiger charge is -2.18. The highest BCUT2D eigenvalue weighted by atomic mass is 32.2. The predicted octanol–water partition coefficient (Wildman–Crippen LogP) is 4.68. The lowest BCUT2D eigenvalue weighted by molar-refractivity contribution is -0.130. The number of benzene rings is 2. The topological polar surface area (TPSA) is 60.3 Å². The summed E-state index contributed by atoms with van der Waals surface area (Å²) in [6, 6.07) is 17.9. The standard InChI is InChI=1S/C23H28N4O2S/c1-4-26(5-2)21(28)15-10-16-30-23-25-24-22(18-11-9-14-20(17-18)29-3)27(23)19-12-7-6-8-13-19/h6-9,11-14,17H,4-5,10,15-16H2,1-3H3. The van der Waals surface area contributed by atoms with E-state index in [-0.39, 0.29) is 5.91 Å². The van der Waals surface area contributed by atoms with Gasteiger partial charge in [-0.05, 0) is 44.5 Å². The smallest absolute Gasteiger partial charge is 0.222 e. The number of rotatable bonds is 10. The molecule has 30 heavy (non-hydrogen) atoms. The molecule has 0 unspecified atom stereocenters. The van der Waals surface area contributed by atoms with Crippen LogP contribution in [0.4, 0.5) is 0 Å². The van der Waals surface area contributed by atoms with E-state index in [0.717, 1.165) is 53.2 Å². The molecule has 0 spiro atoms. The molecule has 0 saturated carbocycles. The van der Waals surface area contributed by atoms with Crippen LogP contribution >= 0.6 is 11.8 Å². The van der Waals surface area contributed by atoms with Gasteiger partial charge in [0.25, 0.3) is 0 Å². The molecule has 1 heterocycles. The number of nitrogens with zero attached hydrogens (tertiary/aromatic N) is 4. The van der Waals surface area contributed by atoms with E-state index in [2.05, 4.69) is 14.8 Å². The monoisotopic (exact) mass is 424 g/mol. The Labute approximate surface area is 182 Å². The maximum absolute atomic E-state index is 12.2. The van der Waals surface area contributed by atoms with Gasteiger partial charge in [-0.25, -0.2) is 0 Å². The van der Waals surface area contributed by atoms with Crippen molar-refractivity contribution in [2.24, 2.45) is 0 Å². The minimum Gasteiger partial charge on any atom is -0.497 e. The zero-order valence-corrected chi connectivity index (χ0v) is 18.6.